The maximum atomic E-state index is 12.3. The van der Waals surface area contributed by atoms with E-state index in [1.54, 1.807) is 18.6 Å². The third-order valence-corrected chi connectivity index (χ3v) is 4.30. The molecule has 0 fully saturated rings. The van der Waals surface area contributed by atoms with Crippen molar-refractivity contribution in [2.45, 2.75) is 31.8 Å². The van der Waals surface area contributed by atoms with E-state index in [0.717, 1.165) is 43.0 Å². The molecule has 1 amide bonds. The minimum atomic E-state index is -0.191. The van der Waals surface area contributed by atoms with Crippen molar-refractivity contribution in [2.75, 3.05) is 0 Å². The maximum absolute atomic E-state index is 12.3. The summed E-state index contributed by atoms with van der Waals surface area (Å²) in [5.74, 6) is 1.57. The Labute approximate surface area is 144 Å². The average molecular weight is 335 g/mol. The molecule has 8 nitrogen and oxygen atoms in total. The van der Waals surface area contributed by atoms with Crippen LogP contribution >= 0.6 is 0 Å². The molecule has 25 heavy (non-hydrogen) atoms. The number of carbonyl (C=O) groups is 1. The lowest BCUT2D eigenvalue weighted by Gasteiger charge is -2.15. The van der Waals surface area contributed by atoms with E-state index in [1.807, 2.05) is 12.1 Å². The van der Waals surface area contributed by atoms with Gasteiger partial charge in [-0.05, 0) is 25.0 Å². The van der Waals surface area contributed by atoms with Gasteiger partial charge in [0.25, 0.3) is 5.91 Å². The van der Waals surface area contributed by atoms with Crippen molar-refractivity contribution >= 4 is 5.91 Å². The summed E-state index contributed by atoms with van der Waals surface area (Å²) >= 11 is 0. The van der Waals surface area contributed by atoms with E-state index >= 15 is 0 Å². The fourth-order valence-corrected chi connectivity index (χ4v) is 3.02. The van der Waals surface area contributed by atoms with Gasteiger partial charge in [0, 0.05) is 49.4 Å². The van der Waals surface area contributed by atoms with Crippen LogP contribution in [0, 0.1) is 0 Å². The largest absolute Gasteiger partial charge is 0.348 e. The van der Waals surface area contributed by atoms with Gasteiger partial charge in [0.2, 0.25) is 0 Å². The highest BCUT2D eigenvalue weighted by molar-refractivity contribution is 5.92. The Bertz CT molecular complexity index is 863. The number of hydrogen-bond donors (Lipinski definition) is 1. The van der Waals surface area contributed by atoms with E-state index in [2.05, 4.69) is 35.0 Å². The molecule has 1 aliphatic heterocycles. The summed E-state index contributed by atoms with van der Waals surface area (Å²) in [7, 11) is 0. The highest BCUT2D eigenvalue weighted by Crippen LogP contribution is 2.22. The van der Waals surface area contributed by atoms with Crippen LogP contribution in [-0.4, -0.2) is 41.7 Å². The molecule has 3 aromatic rings. The third kappa shape index (κ3) is 3.23. The highest BCUT2D eigenvalue weighted by atomic mass is 16.1. The van der Waals surface area contributed by atoms with Gasteiger partial charge in [-0.3, -0.25) is 14.8 Å². The molecule has 1 atom stereocenters. The van der Waals surface area contributed by atoms with Gasteiger partial charge in [-0.2, -0.15) is 0 Å². The Morgan fingerprint density at radius 2 is 2.04 bits per heavy atom. The summed E-state index contributed by atoms with van der Waals surface area (Å²) in [6.45, 7) is 0.748. The normalized spacial score (nSPS) is 16.7. The van der Waals surface area contributed by atoms with Gasteiger partial charge in [-0.25, -0.2) is 4.98 Å². The Kier molecular flexibility index (Phi) is 4.16. The molecule has 0 radical (unpaired) electrons. The molecule has 0 aliphatic carbocycles. The van der Waals surface area contributed by atoms with Crippen LogP contribution in [0.4, 0.5) is 0 Å². The number of amides is 1. The molecule has 3 aromatic heterocycles. The molecule has 0 bridgehead atoms. The molecule has 1 N–H and O–H groups in total. The van der Waals surface area contributed by atoms with Gasteiger partial charge in [-0.15, -0.1) is 10.2 Å². The fourth-order valence-electron chi connectivity index (χ4n) is 3.02. The molecule has 0 aromatic carbocycles. The zero-order chi connectivity index (χ0) is 17.1. The Balaban J connectivity index is 1.48. The quantitative estimate of drug-likeness (QED) is 0.774. The fraction of sp³-hybridized carbons (Fsp3) is 0.294. The number of nitrogens with one attached hydrogen (secondary N) is 1. The van der Waals surface area contributed by atoms with Gasteiger partial charge in [0.15, 0.2) is 5.82 Å². The van der Waals surface area contributed by atoms with Crippen LogP contribution in [0.2, 0.25) is 0 Å². The number of rotatable bonds is 3. The van der Waals surface area contributed by atoms with Crippen LogP contribution < -0.4 is 5.32 Å². The molecule has 0 spiro atoms. The number of aromatic nitrogens is 6. The maximum Gasteiger partial charge on any atom is 0.271 e. The summed E-state index contributed by atoms with van der Waals surface area (Å²) in [4.78, 5) is 24.4. The lowest BCUT2D eigenvalue weighted by atomic mass is 10.1. The smallest absolute Gasteiger partial charge is 0.271 e. The average Bonchev–Trinajstić information content (AvgIpc) is 2.98. The van der Waals surface area contributed by atoms with E-state index < -0.39 is 0 Å². The second kappa shape index (κ2) is 6.76. The van der Waals surface area contributed by atoms with Gasteiger partial charge >= 0.3 is 0 Å². The number of fused-ring (bicyclic) bond motifs is 1. The molecule has 8 heteroatoms. The Hall–Kier alpha value is -3.16. The van der Waals surface area contributed by atoms with Gasteiger partial charge < -0.3 is 9.88 Å². The molecular weight excluding hydrogens is 318 g/mol. The first-order chi connectivity index (χ1) is 12.3. The van der Waals surface area contributed by atoms with Crippen molar-refractivity contribution in [3.63, 3.8) is 0 Å². The summed E-state index contributed by atoms with van der Waals surface area (Å²) in [6, 6.07) is 3.93. The van der Waals surface area contributed by atoms with Crippen molar-refractivity contribution in [2.24, 2.45) is 0 Å². The molecule has 4 heterocycles. The van der Waals surface area contributed by atoms with Crippen molar-refractivity contribution in [1.29, 1.82) is 0 Å². The van der Waals surface area contributed by atoms with Crippen LogP contribution in [0.1, 0.15) is 29.2 Å². The van der Waals surface area contributed by atoms with E-state index in [0.29, 0.717) is 5.69 Å². The number of hydrogen-bond acceptors (Lipinski definition) is 6. The molecular formula is C17H17N7O. The molecule has 126 valence electrons. The summed E-state index contributed by atoms with van der Waals surface area (Å²) in [5, 5.41) is 11.7. The second-order valence-electron chi connectivity index (χ2n) is 5.92. The van der Waals surface area contributed by atoms with Crippen LogP contribution in [-0.2, 0) is 13.0 Å². The predicted octanol–water partition coefficient (Wildman–Crippen LogP) is 1.26. The number of nitrogens with zero attached hydrogens (tertiary/aromatic N) is 6. The van der Waals surface area contributed by atoms with Crippen LogP contribution in [0.5, 0.6) is 0 Å². The number of carbonyl (C=O) groups excluding carboxylic acids is 1. The van der Waals surface area contributed by atoms with Crippen LogP contribution in [0.25, 0.3) is 11.4 Å². The standard InChI is InChI=1S/C17H17N7O/c25-17(14-11-19-7-8-20-14)21-13-3-4-15-22-23-16(24(15)9-5-13)12-2-1-6-18-10-12/h1-2,6-8,10-11,13H,3-5,9H2,(H,21,25). The van der Waals surface area contributed by atoms with E-state index in [1.165, 1.54) is 12.4 Å². The number of pyridine rings is 1. The van der Waals surface area contributed by atoms with Crippen molar-refractivity contribution < 1.29 is 4.79 Å². The monoisotopic (exact) mass is 335 g/mol. The topological polar surface area (TPSA) is 98.5 Å². The molecule has 0 saturated heterocycles. The minimum Gasteiger partial charge on any atom is -0.348 e. The Morgan fingerprint density at radius 3 is 2.84 bits per heavy atom. The van der Waals surface area contributed by atoms with Crippen LogP contribution in [0.3, 0.4) is 0 Å². The first kappa shape index (κ1) is 15.4. The van der Waals surface area contributed by atoms with E-state index in [4.69, 9.17) is 0 Å². The molecule has 1 aliphatic rings. The van der Waals surface area contributed by atoms with Gasteiger partial charge in [0.05, 0.1) is 6.20 Å². The van der Waals surface area contributed by atoms with Crippen LogP contribution in [0.15, 0.2) is 43.1 Å². The number of aryl methyl sites for hydroxylation is 1. The second-order valence-corrected chi connectivity index (χ2v) is 5.92. The van der Waals surface area contributed by atoms with Gasteiger partial charge in [0.1, 0.15) is 11.5 Å². The predicted molar refractivity (Wildman–Crippen MR) is 89.5 cm³/mol. The highest BCUT2D eigenvalue weighted by Gasteiger charge is 2.22. The van der Waals surface area contributed by atoms with Gasteiger partial charge in [-0.1, -0.05) is 0 Å². The molecule has 4 rings (SSSR count). The Morgan fingerprint density at radius 1 is 1.12 bits per heavy atom. The first-order valence-electron chi connectivity index (χ1n) is 8.20. The molecule has 0 saturated carbocycles. The van der Waals surface area contributed by atoms with E-state index in [-0.39, 0.29) is 11.9 Å². The summed E-state index contributed by atoms with van der Waals surface area (Å²) < 4.78 is 2.12. The first-order valence-corrected chi connectivity index (χ1v) is 8.20. The molecule has 1 unspecified atom stereocenters. The lowest BCUT2D eigenvalue weighted by molar-refractivity contribution is 0.0927. The summed E-state index contributed by atoms with van der Waals surface area (Å²) in [6.07, 6.45) is 10.5. The minimum absolute atomic E-state index is 0.0676. The zero-order valence-electron chi connectivity index (χ0n) is 13.5. The lowest BCUT2D eigenvalue weighted by Crippen LogP contribution is -2.35. The van der Waals surface area contributed by atoms with Crippen molar-refractivity contribution in [3.05, 3.63) is 54.6 Å². The van der Waals surface area contributed by atoms with Crippen molar-refractivity contribution in [1.82, 2.24) is 35.0 Å². The zero-order valence-corrected chi connectivity index (χ0v) is 13.5. The third-order valence-electron chi connectivity index (χ3n) is 4.30. The van der Waals surface area contributed by atoms with Crippen molar-refractivity contribution in [3.8, 4) is 11.4 Å². The SMILES string of the molecule is O=C(NC1CCc2nnc(-c3cccnc3)n2CC1)c1cnccn1. The summed E-state index contributed by atoms with van der Waals surface area (Å²) in [5.41, 5.74) is 1.28. The van der Waals surface area contributed by atoms with E-state index in [9.17, 15) is 4.79 Å².